The van der Waals surface area contributed by atoms with Crippen molar-refractivity contribution >= 4 is 0 Å². The second-order valence-electron chi connectivity index (χ2n) is 2.70. The van der Waals surface area contributed by atoms with Crippen LogP contribution in [0.3, 0.4) is 0 Å². The van der Waals surface area contributed by atoms with Gasteiger partial charge in [-0.3, -0.25) is 0 Å². The monoisotopic (exact) mass is 208 g/mol. The third-order valence-electron chi connectivity index (χ3n) is 1.20. The summed E-state index contributed by atoms with van der Waals surface area (Å²) in [6.45, 7) is 1.25. The van der Waals surface area contributed by atoms with Crippen molar-refractivity contribution in [1.82, 2.24) is 0 Å². The van der Waals surface area contributed by atoms with Gasteiger partial charge >= 0.3 is 0 Å². The van der Waals surface area contributed by atoms with Gasteiger partial charge in [0.15, 0.2) is 6.54 Å². The van der Waals surface area contributed by atoms with Crippen molar-refractivity contribution in [3.8, 4) is 6.07 Å². The van der Waals surface area contributed by atoms with E-state index in [1.807, 2.05) is 14.1 Å². The highest BCUT2D eigenvalue weighted by Gasteiger charge is 2.11. The highest BCUT2D eigenvalue weighted by molar-refractivity contribution is 4.66. The molecule has 0 amide bonds. The topological polar surface area (TPSA) is 44.0 Å². The summed E-state index contributed by atoms with van der Waals surface area (Å²) in [5, 5.41) is 16.8. The molecule has 0 unspecified atom stereocenters. The molecule has 0 radical (unpaired) electrons. The van der Waals surface area contributed by atoms with E-state index in [1.165, 1.54) is 0 Å². The predicted molar refractivity (Wildman–Crippen MR) is 34.5 cm³/mol. The van der Waals surface area contributed by atoms with Crippen LogP contribution in [0.1, 0.15) is 0 Å². The minimum absolute atomic E-state index is 0. The summed E-state index contributed by atoms with van der Waals surface area (Å²) in [5.74, 6) is 0. The number of hydrogen-bond donors (Lipinski definition) is 1. The molecule has 4 heteroatoms. The number of rotatable bonds is 3. The van der Waals surface area contributed by atoms with E-state index >= 15 is 0 Å². The van der Waals surface area contributed by atoms with Crippen LogP contribution in [0.15, 0.2) is 0 Å². The summed E-state index contributed by atoms with van der Waals surface area (Å²) >= 11 is 0. The Kier molecular flexibility index (Phi) is 7.10. The largest absolute Gasteiger partial charge is 1.00 e. The molecule has 0 aromatic carbocycles. The zero-order chi connectivity index (χ0) is 7.33. The SMILES string of the molecule is C[N+](C)(CC#N)CCO.[Br-]. The maximum Gasteiger partial charge on any atom is 0.166 e. The van der Waals surface area contributed by atoms with Crippen LogP contribution in [-0.4, -0.2) is 43.4 Å². The van der Waals surface area contributed by atoms with Gasteiger partial charge in [0.05, 0.1) is 20.7 Å². The Bertz CT molecular complexity index is 119. The molecule has 0 saturated heterocycles. The number of halogens is 1. The lowest BCUT2D eigenvalue weighted by atomic mass is 10.4. The number of hydrogen-bond acceptors (Lipinski definition) is 2. The third kappa shape index (κ3) is 6.02. The molecule has 0 heterocycles. The lowest BCUT2D eigenvalue weighted by Gasteiger charge is -2.25. The number of aliphatic hydroxyl groups is 1. The molecular weight excluding hydrogens is 196 g/mol. The van der Waals surface area contributed by atoms with E-state index in [0.717, 1.165) is 0 Å². The van der Waals surface area contributed by atoms with Crippen LogP contribution in [-0.2, 0) is 0 Å². The van der Waals surface area contributed by atoms with E-state index < -0.39 is 0 Å². The molecule has 0 fully saturated rings. The van der Waals surface area contributed by atoms with Crippen molar-refractivity contribution in [2.24, 2.45) is 0 Å². The molecule has 0 spiro atoms. The molecule has 0 bridgehead atoms. The van der Waals surface area contributed by atoms with Crippen molar-refractivity contribution in [3.05, 3.63) is 0 Å². The Labute approximate surface area is 72.2 Å². The number of quaternary nitrogens is 1. The highest BCUT2D eigenvalue weighted by Crippen LogP contribution is 1.92. The predicted octanol–water partition coefficient (Wildman–Crippen LogP) is -3.42. The van der Waals surface area contributed by atoms with Gasteiger partial charge in [-0.05, 0) is 0 Å². The summed E-state index contributed by atoms with van der Waals surface area (Å²) in [6, 6.07) is 2.05. The zero-order valence-electron chi connectivity index (χ0n) is 6.34. The number of nitriles is 1. The van der Waals surface area contributed by atoms with Gasteiger partial charge in [-0.1, -0.05) is 0 Å². The Morgan fingerprint density at radius 2 is 2.00 bits per heavy atom. The Hall–Kier alpha value is -0.110. The van der Waals surface area contributed by atoms with Gasteiger partial charge in [0.25, 0.3) is 0 Å². The highest BCUT2D eigenvalue weighted by atomic mass is 79.9. The first-order chi connectivity index (χ1) is 4.12. The molecule has 0 aromatic rings. The average molecular weight is 209 g/mol. The van der Waals surface area contributed by atoms with Gasteiger partial charge in [-0.15, -0.1) is 0 Å². The van der Waals surface area contributed by atoms with E-state index in [0.29, 0.717) is 17.6 Å². The first kappa shape index (κ1) is 12.6. The van der Waals surface area contributed by atoms with E-state index in [-0.39, 0.29) is 23.6 Å². The molecule has 10 heavy (non-hydrogen) atoms. The van der Waals surface area contributed by atoms with Crippen LogP contribution in [0.25, 0.3) is 0 Å². The molecule has 0 atom stereocenters. The first-order valence-corrected chi connectivity index (χ1v) is 2.92. The molecule has 0 rings (SSSR count). The fourth-order valence-electron chi connectivity index (χ4n) is 0.541. The number of aliphatic hydroxyl groups excluding tert-OH is 1. The van der Waals surface area contributed by atoms with Crippen LogP contribution in [0.4, 0.5) is 0 Å². The molecule has 1 N–H and O–H groups in total. The molecular formula is C6H13BrN2O. The summed E-state index contributed by atoms with van der Waals surface area (Å²) in [5.41, 5.74) is 0. The van der Waals surface area contributed by atoms with E-state index in [9.17, 15) is 0 Å². The molecule has 0 aromatic heterocycles. The lowest BCUT2D eigenvalue weighted by Crippen LogP contribution is -3.00. The summed E-state index contributed by atoms with van der Waals surface area (Å²) < 4.78 is 0.576. The fraction of sp³-hybridized carbons (Fsp3) is 0.833. The molecule has 3 nitrogen and oxygen atoms in total. The normalized spacial score (nSPS) is 9.80. The van der Waals surface area contributed by atoms with Crippen LogP contribution in [0, 0.1) is 11.3 Å². The molecule has 0 aliphatic rings. The van der Waals surface area contributed by atoms with Crippen LogP contribution < -0.4 is 17.0 Å². The van der Waals surface area contributed by atoms with Crippen molar-refractivity contribution in [2.75, 3.05) is 33.8 Å². The average Bonchev–Trinajstić information content (AvgIpc) is 1.64. The van der Waals surface area contributed by atoms with Crippen LogP contribution >= 0.6 is 0 Å². The second kappa shape index (κ2) is 5.66. The van der Waals surface area contributed by atoms with Gasteiger partial charge in [0.2, 0.25) is 0 Å². The van der Waals surface area contributed by atoms with Gasteiger partial charge < -0.3 is 26.6 Å². The van der Waals surface area contributed by atoms with Crippen molar-refractivity contribution in [3.63, 3.8) is 0 Å². The maximum atomic E-state index is 8.50. The fourth-order valence-corrected chi connectivity index (χ4v) is 0.541. The molecule has 0 aliphatic carbocycles. The van der Waals surface area contributed by atoms with Crippen LogP contribution in [0.5, 0.6) is 0 Å². The summed E-state index contributed by atoms with van der Waals surface area (Å²) in [7, 11) is 3.83. The third-order valence-corrected chi connectivity index (χ3v) is 1.20. The number of nitrogens with zero attached hydrogens (tertiary/aromatic N) is 2. The lowest BCUT2D eigenvalue weighted by molar-refractivity contribution is -0.883. The van der Waals surface area contributed by atoms with Gasteiger partial charge in [-0.25, -0.2) is 0 Å². The van der Waals surface area contributed by atoms with Crippen LogP contribution in [0.2, 0.25) is 0 Å². The summed E-state index contributed by atoms with van der Waals surface area (Å²) in [6.07, 6.45) is 0. The van der Waals surface area contributed by atoms with E-state index in [4.69, 9.17) is 10.4 Å². The standard InChI is InChI=1S/C6H13N2O.BrH/c1-8(2,4-3-7)5-6-9;/h9H,4-6H2,1-2H3;1H/q+1;/p-1. The molecule has 60 valence electrons. The number of likely N-dealkylation sites (N-methyl/N-ethyl adjacent to an activating group) is 1. The van der Waals surface area contributed by atoms with E-state index in [2.05, 4.69) is 6.07 Å². The minimum Gasteiger partial charge on any atom is -1.00 e. The van der Waals surface area contributed by atoms with Crippen molar-refractivity contribution in [2.45, 2.75) is 0 Å². The van der Waals surface area contributed by atoms with Gasteiger partial charge in [0, 0.05) is 0 Å². The smallest absolute Gasteiger partial charge is 0.166 e. The van der Waals surface area contributed by atoms with Crippen molar-refractivity contribution in [1.29, 1.82) is 5.26 Å². The first-order valence-electron chi connectivity index (χ1n) is 2.92. The van der Waals surface area contributed by atoms with E-state index in [1.54, 1.807) is 0 Å². The Morgan fingerprint density at radius 3 is 2.30 bits per heavy atom. The van der Waals surface area contributed by atoms with Crippen molar-refractivity contribution < 1.29 is 26.6 Å². The van der Waals surface area contributed by atoms with Gasteiger partial charge in [0.1, 0.15) is 12.6 Å². The Balaban J connectivity index is 0. The quantitative estimate of drug-likeness (QED) is 0.388. The molecule has 0 saturated carbocycles. The second-order valence-corrected chi connectivity index (χ2v) is 2.70. The zero-order valence-corrected chi connectivity index (χ0v) is 7.93. The summed E-state index contributed by atoms with van der Waals surface area (Å²) in [4.78, 5) is 0. The van der Waals surface area contributed by atoms with Gasteiger partial charge in [-0.2, -0.15) is 5.26 Å². The maximum absolute atomic E-state index is 8.50. The minimum atomic E-state index is 0. The Morgan fingerprint density at radius 1 is 1.50 bits per heavy atom. The molecule has 0 aliphatic heterocycles.